The molecule has 2 aromatic rings. The van der Waals surface area contributed by atoms with Crippen LogP contribution in [0.25, 0.3) is 0 Å². The summed E-state index contributed by atoms with van der Waals surface area (Å²) in [6, 6.07) is 17.6. The molecule has 2 rings (SSSR count). The SMILES string of the molecule is CCNC(C)c1ccccc1N(CC)c1ccccc1C. The number of nitrogens with zero attached hydrogens (tertiary/aromatic N) is 1. The predicted molar refractivity (Wildman–Crippen MR) is 92.4 cm³/mol. The lowest BCUT2D eigenvalue weighted by atomic mass is 10.0. The second-order valence-corrected chi connectivity index (χ2v) is 5.37. The summed E-state index contributed by atoms with van der Waals surface area (Å²) in [6.07, 6.45) is 0. The molecule has 0 fully saturated rings. The van der Waals surface area contributed by atoms with Crippen molar-refractivity contribution in [3.63, 3.8) is 0 Å². The van der Waals surface area contributed by atoms with Crippen molar-refractivity contribution < 1.29 is 0 Å². The molecule has 0 bridgehead atoms. The summed E-state index contributed by atoms with van der Waals surface area (Å²) < 4.78 is 0. The number of rotatable bonds is 6. The molecule has 0 radical (unpaired) electrons. The van der Waals surface area contributed by atoms with Gasteiger partial charge in [0, 0.05) is 24.0 Å². The topological polar surface area (TPSA) is 15.3 Å². The van der Waals surface area contributed by atoms with E-state index >= 15 is 0 Å². The average molecular weight is 282 g/mol. The normalized spacial score (nSPS) is 12.2. The van der Waals surface area contributed by atoms with Crippen LogP contribution in [0, 0.1) is 6.92 Å². The summed E-state index contributed by atoms with van der Waals surface area (Å²) in [5.41, 5.74) is 5.24. The highest BCUT2D eigenvalue weighted by molar-refractivity contribution is 5.69. The van der Waals surface area contributed by atoms with E-state index in [9.17, 15) is 0 Å². The van der Waals surface area contributed by atoms with Gasteiger partial charge >= 0.3 is 0 Å². The van der Waals surface area contributed by atoms with Crippen molar-refractivity contribution in [3.8, 4) is 0 Å². The van der Waals surface area contributed by atoms with Gasteiger partial charge in [0.2, 0.25) is 0 Å². The van der Waals surface area contributed by atoms with Crippen LogP contribution in [-0.4, -0.2) is 13.1 Å². The van der Waals surface area contributed by atoms with E-state index in [1.54, 1.807) is 0 Å². The molecule has 0 saturated heterocycles. The van der Waals surface area contributed by atoms with E-state index < -0.39 is 0 Å². The van der Waals surface area contributed by atoms with Crippen LogP contribution < -0.4 is 10.2 Å². The van der Waals surface area contributed by atoms with E-state index in [1.165, 1.54) is 22.5 Å². The van der Waals surface area contributed by atoms with Gasteiger partial charge in [-0.1, -0.05) is 43.3 Å². The van der Waals surface area contributed by atoms with Gasteiger partial charge in [-0.05, 0) is 50.6 Å². The van der Waals surface area contributed by atoms with Gasteiger partial charge in [0.25, 0.3) is 0 Å². The first-order valence-corrected chi connectivity index (χ1v) is 7.84. The molecule has 0 aliphatic carbocycles. The van der Waals surface area contributed by atoms with Crippen LogP contribution in [0.3, 0.4) is 0 Å². The molecule has 0 aromatic heterocycles. The van der Waals surface area contributed by atoms with Crippen LogP contribution in [-0.2, 0) is 0 Å². The fourth-order valence-corrected chi connectivity index (χ4v) is 2.85. The van der Waals surface area contributed by atoms with Gasteiger partial charge in [0.15, 0.2) is 0 Å². The molecule has 0 aliphatic rings. The lowest BCUT2D eigenvalue weighted by Crippen LogP contribution is -2.23. The first-order valence-electron chi connectivity index (χ1n) is 7.84. The quantitative estimate of drug-likeness (QED) is 0.817. The monoisotopic (exact) mass is 282 g/mol. The minimum atomic E-state index is 0.351. The Morgan fingerprint density at radius 2 is 1.57 bits per heavy atom. The summed E-state index contributed by atoms with van der Waals surface area (Å²) in [5.74, 6) is 0. The number of nitrogens with one attached hydrogen (secondary N) is 1. The average Bonchev–Trinajstić information content (AvgIpc) is 2.50. The van der Waals surface area contributed by atoms with Gasteiger partial charge in [0.1, 0.15) is 0 Å². The van der Waals surface area contributed by atoms with Crippen molar-refractivity contribution in [2.24, 2.45) is 0 Å². The van der Waals surface area contributed by atoms with Crippen LogP contribution in [0.2, 0.25) is 0 Å². The Balaban J connectivity index is 2.46. The van der Waals surface area contributed by atoms with Crippen molar-refractivity contribution in [3.05, 3.63) is 59.7 Å². The third kappa shape index (κ3) is 3.45. The molecule has 1 atom stereocenters. The zero-order chi connectivity index (χ0) is 15.2. The summed E-state index contributed by atoms with van der Waals surface area (Å²) in [5, 5.41) is 3.52. The third-order valence-corrected chi connectivity index (χ3v) is 3.93. The Bertz CT molecular complexity index is 577. The lowest BCUT2D eigenvalue weighted by molar-refractivity contribution is 0.598. The van der Waals surface area contributed by atoms with E-state index in [-0.39, 0.29) is 0 Å². The van der Waals surface area contributed by atoms with Gasteiger partial charge in [-0.2, -0.15) is 0 Å². The molecule has 2 aromatic carbocycles. The van der Waals surface area contributed by atoms with Crippen molar-refractivity contribution in [1.82, 2.24) is 5.32 Å². The molecule has 1 unspecified atom stereocenters. The van der Waals surface area contributed by atoms with Crippen molar-refractivity contribution in [2.75, 3.05) is 18.0 Å². The van der Waals surface area contributed by atoms with Crippen LogP contribution in [0.5, 0.6) is 0 Å². The van der Waals surface area contributed by atoms with Gasteiger partial charge in [-0.3, -0.25) is 0 Å². The molecule has 112 valence electrons. The second kappa shape index (κ2) is 7.28. The van der Waals surface area contributed by atoms with Gasteiger partial charge < -0.3 is 10.2 Å². The van der Waals surface area contributed by atoms with Crippen LogP contribution in [0.4, 0.5) is 11.4 Å². The minimum Gasteiger partial charge on any atom is -0.341 e. The smallest absolute Gasteiger partial charge is 0.0459 e. The Hall–Kier alpha value is -1.80. The van der Waals surface area contributed by atoms with Gasteiger partial charge in [-0.25, -0.2) is 0 Å². The number of para-hydroxylation sites is 2. The Morgan fingerprint density at radius 3 is 2.19 bits per heavy atom. The maximum Gasteiger partial charge on any atom is 0.0459 e. The third-order valence-electron chi connectivity index (χ3n) is 3.93. The summed E-state index contributed by atoms with van der Waals surface area (Å²) in [4.78, 5) is 2.40. The van der Waals surface area contributed by atoms with E-state index in [2.05, 4.69) is 86.4 Å². The van der Waals surface area contributed by atoms with Gasteiger partial charge in [0.05, 0.1) is 0 Å². The lowest BCUT2D eigenvalue weighted by Gasteiger charge is -2.29. The van der Waals surface area contributed by atoms with E-state index in [0.29, 0.717) is 6.04 Å². The highest BCUT2D eigenvalue weighted by atomic mass is 15.1. The molecule has 2 nitrogen and oxygen atoms in total. The molecule has 0 aliphatic heterocycles. The Morgan fingerprint density at radius 1 is 0.952 bits per heavy atom. The molecule has 0 amide bonds. The van der Waals surface area contributed by atoms with Crippen LogP contribution in [0.15, 0.2) is 48.5 Å². The van der Waals surface area contributed by atoms with Crippen LogP contribution >= 0.6 is 0 Å². The highest BCUT2D eigenvalue weighted by Gasteiger charge is 2.16. The van der Waals surface area contributed by atoms with Crippen molar-refractivity contribution in [2.45, 2.75) is 33.7 Å². The number of hydrogen-bond donors (Lipinski definition) is 1. The summed E-state index contributed by atoms with van der Waals surface area (Å²) >= 11 is 0. The van der Waals surface area contributed by atoms with Crippen molar-refractivity contribution in [1.29, 1.82) is 0 Å². The van der Waals surface area contributed by atoms with Crippen molar-refractivity contribution >= 4 is 11.4 Å². The molecule has 0 saturated carbocycles. The maximum absolute atomic E-state index is 3.52. The minimum absolute atomic E-state index is 0.351. The Labute approximate surface area is 128 Å². The number of aryl methyl sites for hydroxylation is 1. The molecule has 2 heteroatoms. The Kier molecular flexibility index (Phi) is 5.40. The summed E-state index contributed by atoms with van der Waals surface area (Å²) in [7, 11) is 0. The fraction of sp³-hybridized carbons (Fsp3) is 0.368. The van der Waals surface area contributed by atoms with E-state index in [4.69, 9.17) is 0 Å². The molecule has 0 heterocycles. The molecule has 0 spiro atoms. The number of anilines is 2. The van der Waals surface area contributed by atoms with E-state index in [1.807, 2.05) is 0 Å². The molecule has 21 heavy (non-hydrogen) atoms. The largest absolute Gasteiger partial charge is 0.341 e. The fourth-order valence-electron chi connectivity index (χ4n) is 2.85. The van der Waals surface area contributed by atoms with E-state index in [0.717, 1.165) is 13.1 Å². The first kappa shape index (κ1) is 15.6. The zero-order valence-electron chi connectivity index (χ0n) is 13.6. The predicted octanol–water partition coefficient (Wildman–Crippen LogP) is 4.82. The van der Waals surface area contributed by atoms with Gasteiger partial charge in [-0.15, -0.1) is 0 Å². The number of hydrogen-bond acceptors (Lipinski definition) is 2. The molecular weight excluding hydrogens is 256 g/mol. The highest BCUT2D eigenvalue weighted by Crippen LogP contribution is 2.33. The molecule has 1 N–H and O–H groups in total. The maximum atomic E-state index is 3.52. The second-order valence-electron chi connectivity index (χ2n) is 5.37. The van der Waals surface area contributed by atoms with Crippen LogP contribution in [0.1, 0.15) is 37.9 Å². The standard InChI is InChI=1S/C19H26N2/c1-5-20-16(4)17-12-8-10-14-19(17)21(6-2)18-13-9-7-11-15(18)3/h7-14,16,20H,5-6H2,1-4H3. The molecular formula is C19H26N2. The zero-order valence-corrected chi connectivity index (χ0v) is 13.6. The number of benzene rings is 2. The first-order chi connectivity index (χ1) is 10.2. The summed E-state index contributed by atoms with van der Waals surface area (Å²) in [6.45, 7) is 10.7.